The van der Waals surface area contributed by atoms with Crippen LogP contribution in [0.3, 0.4) is 0 Å². The molecule has 31 heavy (non-hydrogen) atoms. The smallest absolute Gasteiger partial charge is 0.201 e. The van der Waals surface area contributed by atoms with Gasteiger partial charge in [-0.2, -0.15) is 23.3 Å². The first kappa shape index (κ1) is 26.1. The zero-order chi connectivity index (χ0) is 20.7. The second-order valence-electron chi connectivity index (χ2n) is 7.07. The van der Waals surface area contributed by atoms with Crippen LogP contribution in [0.5, 0.6) is 0 Å². The fourth-order valence-corrected chi connectivity index (χ4v) is 3.21. The van der Waals surface area contributed by atoms with E-state index in [-0.39, 0.29) is 26.2 Å². The van der Waals surface area contributed by atoms with Crippen LogP contribution in [0, 0.1) is 76.4 Å². The summed E-state index contributed by atoms with van der Waals surface area (Å²) >= 11 is 0. The van der Waals surface area contributed by atoms with Crippen LogP contribution in [0.15, 0.2) is 71.8 Å². The molecule has 2 aromatic rings. The maximum atomic E-state index is 3.57. The molecule has 3 saturated carbocycles. The Balaban J connectivity index is 0.000000254. The minimum absolute atomic E-state index is 0. The molecule has 3 fully saturated rings. The van der Waals surface area contributed by atoms with Crippen LogP contribution in [0.25, 0.3) is 0 Å². The summed E-state index contributed by atoms with van der Waals surface area (Å²) in [6.07, 6.45) is 31.9. The van der Waals surface area contributed by atoms with Gasteiger partial charge in [0, 0.05) is 0 Å². The molecule has 3 aliphatic carbocycles. The molecule has 1 heteroatoms. The van der Waals surface area contributed by atoms with Crippen LogP contribution in [0.4, 0.5) is 0 Å². The third-order valence-electron chi connectivity index (χ3n) is 4.72. The quantitative estimate of drug-likeness (QED) is 0.401. The molecule has 0 bridgehead atoms. The Hall–Kier alpha value is -1.20. The van der Waals surface area contributed by atoms with Crippen molar-refractivity contribution in [1.82, 2.24) is 0 Å². The summed E-state index contributed by atoms with van der Waals surface area (Å²) in [4.78, 5) is 0. The van der Waals surface area contributed by atoms with Crippen LogP contribution in [-0.4, -0.2) is 0 Å². The Bertz CT molecular complexity index is 667. The molecule has 0 atom stereocenters. The van der Waals surface area contributed by atoms with E-state index in [1.807, 2.05) is 76.3 Å². The predicted molar refractivity (Wildman–Crippen MR) is 126 cm³/mol. The molecule has 3 aliphatic rings. The SMILES string of the molecule is [C-](=C1CCCCC1=[C-]c1ccccc1)c1ccccc1.[CH]1[CH][CH][CH][CH]1.[CH]1[CH][CH][CH][CH]1.[Zr+4]. The van der Waals surface area contributed by atoms with Gasteiger partial charge in [0.05, 0.1) is 0 Å². The predicted octanol–water partition coefficient (Wildman–Crippen LogP) is 7.16. The molecule has 0 nitrogen and oxygen atoms in total. The van der Waals surface area contributed by atoms with Crippen molar-refractivity contribution in [2.75, 3.05) is 0 Å². The van der Waals surface area contributed by atoms with E-state index in [1.165, 1.54) is 24.0 Å². The molecule has 0 saturated heterocycles. The van der Waals surface area contributed by atoms with Crippen LogP contribution < -0.4 is 0 Å². The first-order chi connectivity index (χ1) is 14.9. The number of allylic oxidation sites excluding steroid dienone is 2. The fraction of sp³-hybridized carbons (Fsp3) is 0.133. The fourth-order valence-electron chi connectivity index (χ4n) is 3.21. The van der Waals surface area contributed by atoms with Gasteiger partial charge in [-0.25, -0.2) is 11.1 Å². The molecule has 0 heterocycles. The molecule has 0 aliphatic heterocycles. The van der Waals surface area contributed by atoms with E-state index in [2.05, 4.69) is 60.7 Å². The van der Waals surface area contributed by atoms with Gasteiger partial charge in [0.2, 0.25) is 0 Å². The maximum absolute atomic E-state index is 3.57. The second kappa shape index (κ2) is 16.4. The van der Waals surface area contributed by atoms with E-state index in [9.17, 15) is 0 Å². The molecular weight excluding hydrogens is 452 g/mol. The molecule has 0 N–H and O–H groups in total. The van der Waals surface area contributed by atoms with Crippen molar-refractivity contribution < 1.29 is 26.2 Å². The van der Waals surface area contributed by atoms with Gasteiger partial charge in [-0.3, -0.25) is 0 Å². The van der Waals surface area contributed by atoms with Gasteiger partial charge in [-0.15, -0.1) is 48.5 Å². The van der Waals surface area contributed by atoms with Crippen molar-refractivity contribution in [2.45, 2.75) is 25.7 Å². The minimum atomic E-state index is 0. The summed E-state index contributed by atoms with van der Waals surface area (Å²) in [6, 6.07) is 20.8. The van der Waals surface area contributed by atoms with Gasteiger partial charge < -0.3 is 0 Å². The third-order valence-corrected chi connectivity index (χ3v) is 4.72. The van der Waals surface area contributed by atoms with Crippen molar-refractivity contribution in [3.05, 3.63) is 159 Å². The van der Waals surface area contributed by atoms with Gasteiger partial charge in [0.15, 0.2) is 0 Å². The number of benzene rings is 2. The Morgan fingerprint density at radius 3 is 1.00 bits per heavy atom. The summed E-state index contributed by atoms with van der Waals surface area (Å²) < 4.78 is 0. The van der Waals surface area contributed by atoms with Crippen molar-refractivity contribution >= 4 is 0 Å². The Kier molecular flexibility index (Phi) is 13.8. The van der Waals surface area contributed by atoms with Gasteiger partial charge in [-0.1, -0.05) is 37.8 Å². The van der Waals surface area contributed by atoms with Crippen molar-refractivity contribution in [3.63, 3.8) is 0 Å². The largest absolute Gasteiger partial charge is 4.00 e. The maximum Gasteiger partial charge on any atom is 4.00 e. The summed E-state index contributed by atoms with van der Waals surface area (Å²) in [6.45, 7) is 0. The molecule has 0 spiro atoms. The molecule has 2 aromatic carbocycles. The van der Waals surface area contributed by atoms with E-state index < -0.39 is 0 Å². The standard InChI is InChI=1S/C20H18.2C5H5.Zr/c1-3-9-17(10-4-1)15-19-13-7-8-14-20(19)16-18-11-5-2-6-12-18;2*1-2-4-5-3-1;/h1-6,9-12H,7-8,13-14H2;2*1-5H;/q-2;;;+4. The van der Waals surface area contributed by atoms with Crippen molar-refractivity contribution in [2.24, 2.45) is 0 Å². The first-order valence-corrected chi connectivity index (χ1v) is 10.6. The normalized spacial score (nSPS) is 20.3. The van der Waals surface area contributed by atoms with Crippen LogP contribution in [-0.2, 0) is 26.2 Å². The molecule has 5 rings (SSSR count). The summed E-state index contributed by atoms with van der Waals surface area (Å²) in [7, 11) is 0. The Morgan fingerprint density at radius 1 is 0.419 bits per heavy atom. The monoisotopic (exact) mass is 478 g/mol. The van der Waals surface area contributed by atoms with Crippen LogP contribution in [0.1, 0.15) is 36.8 Å². The molecular formula is C30H28Zr+2. The molecule has 10 radical (unpaired) electrons. The van der Waals surface area contributed by atoms with Gasteiger partial charge >= 0.3 is 26.2 Å². The molecule has 0 amide bonds. The van der Waals surface area contributed by atoms with E-state index in [0.717, 1.165) is 24.0 Å². The summed E-state index contributed by atoms with van der Waals surface area (Å²) in [5, 5.41) is 0. The number of hydrogen-bond donors (Lipinski definition) is 0. The van der Waals surface area contributed by atoms with E-state index >= 15 is 0 Å². The number of rotatable bonds is 2. The summed E-state index contributed by atoms with van der Waals surface area (Å²) in [5.41, 5.74) is 4.98. The van der Waals surface area contributed by atoms with E-state index in [0.29, 0.717) is 0 Å². The third kappa shape index (κ3) is 10.8. The Labute approximate surface area is 210 Å². The van der Waals surface area contributed by atoms with Gasteiger partial charge in [0.25, 0.3) is 0 Å². The first-order valence-electron chi connectivity index (χ1n) is 10.6. The zero-order valence-corrected chi connectivity index (χ0v) is 20.3. The Morgan fingerprint density at radius 2 is 0.710 bits per heavy atom. The van der Waals surface area contributed by atoms with E-state index in [4.69, 9.17) is 0 Å². The number of hydrogen-bond acceptors (Lipinski definition) is 0. The summed E-state index contributed by atoms with van der Waals surface area (Å²) in [5.74, 6) is 0. The zero-order valence-electron chi connectivity index (χ0n) is 17.9. The van der Waals surface area contributed by atoms with Crippen LogP contribution >= 0.6 is 0 Å². The van der Waals surface area contributed by atoms with E-state index in [1.54, 1.807) is 0 Å². The van der Waals surface area contributed by atoms with Gasteiger partial charge in [-0.05, 0) is 64.2 Å². The van der Waals surface area contributed by atoms with Crippen LogP contribution in [0.2, 0.25) is 0 Å². The van der Waals surface area contributed by atoms with Crippen molar-refractivity contribution in [3.8, 4) is 0 Å². The molecule has 150 valence electrons. The average molecular weight is 480 g/mol. The average Bonchev–Trinajstić information content (AvgIpc) is 3.56. The topological polar surface area (TPSA) is 0 Å². The molecule has 0 aromatic heterocycles. The van der Waals surface area contributed by atoms with Crippen molar-refractivity contribution in [1.29, 1.82) is 0 Å². The van der Waals surface area contributed by atoms with Gasteiger partial charge in [0.1, 0.15) is 0 Å². The minimum Gasteiger partial charge on any atom is -0.201 e. The molecule has 0 unspecified atom stereocenters. The second-order valence-corrected chi connectivity index (χ2v) is 7.07.